The molecule has 6 heteroatoms. The van der Waals surface area contributed by atoms with Crippen LogP contribution in [0.2, 0.25) is 0 Å². The summed E-state index contributed by atoms with van der Waals surface area (Å²) in [5.41, 5.74) is 8.19. The summed E-state index contributed by atoms with van der Waals surface area (Å²) in [5.74, 6) is 0. The number of hydrogen-bond donors (Lipinski definition) is 2. The molecule has 1 atom stereocenters. The van der Waals surface area contributed by atoms with Crippen molar-refractivity contribution in [2.75, 3.05) is 6.54 Å². The molecule has 1 aromatic rings. The predicted octanol–water partition coefficient (Wildman–Crippen LogP) is 1.79. The van der Waals surface area contributed by atoms with Crippen LogP contribution >= 0.6 is 11.3 Å². The smallest absolute Gasteiger partial charge is 0.407 e. The highest BCUT2D eigenvalue weighted by atomic mass is 32.1. The normalized spacial score (nSPS) is 13.4. The first-order valence-electron chi connectivity index (χ1n) is 5.44. The lowest BCUT2D eigenvalue weighted by Crippen LogP contribution is -2.50. The van der Waals surface area contributed by atoms with Crippen LogP contribution in [0.1, 0.15) is 26.5 Å². The van der Waals surface area contributed by atoms with Gasteiger partial charge >= 0.3 is 6.09 Å². The van der Waals surface area contributed by atoms with Crippen LogP contribution in [0.25, 0.3) is 0 Å². The fourth-order valence-corrected chi connectivity index (χ4v) is 2.12. The van der Waals surface area contributed by atoms with Gasteiger partial charge in [0, 0.05) is 29.9 Å². The van der Waals surface area contributed by atoms with Gasteiger partial charge in [-0.3, -0.25) is 0 Å². The quantitative estimate of drug-likeness (QED) is 0.862. The molecular formula is C11H19N3O2S. The van der Waals surface area contributed by atoms with Gasteiger partial charge in [-0.2, -0.15) is 0 Å². The lowest BCUT2D eigenvalue weighted by atomic mass is 10.0. The van der Waals surface area contributed by atoms with E-state index in [9.17, 15) is 4.79 Å². The first kappa shape index (κ1) is 13.9. The van der Waals surface area contributed by atoms with Gasteiger partial charge < -0.3 is 15.7 Å². The van der Waals surface area contributed by atoms with Crippen molar-refractivity contribution in [3.05, 3.63) is 16.6 Å². The molecule has 0 aliphatic carbocycles. The van der Waals surface area contributed by atoms with E-state index >= 15 is 0 Å². The third kappa shape index (κ3) is 4.32. The summed E-state index contributed by atoms with van der Waals surface area (Å²) in [7, 11) is 0. The van der Waals surface area contributed by atoms with Gasteiger partial charge in [0.1, 0.15) is 0 Å². The van der Waals surface area contributed by atoms with E-state index in [4.69, 9.17) is 10.8 Å². The Morgan fingerprint density at radius 3 is 2.71 bits per heavy atom. The lowest BCUT2D eigenvalue weighted by molar-refractivity contribution is 0.0959. The Hall–Kier alpha value is -1.14. The van der Waals surface area contributed by atoms with Crippen molar-refractivity contribution in [3.8, 4) is 0 Å². The minimum absolute atomic E-state index is 0.229. The minimum atomic E-state index is -0.939. The maximum Gasteiger partial charge on any atom is 0.407 e. The number of nitrogens with two attached hydrogens (primary N) is 1. The van der Waals surface area contributed by atoms with Crippen molar-refractivity contribution in [2.24, 2.45) is 5.73 Å². The first-order chi connectivity index (χ1) is 7.80. The first-order valence-corrected chi connectivity index (χ1v) is 6.38. The van der Waals surface area contributed by atoms with Gasteiger partial charge in [0.25, 0.3) is 0 Å². The van der Waals surface area contributed by atoms with E-state index in [-0.39, 0.29) is 6.04 Å². The molecule has 0 saturated heterocycles. The number of thiazole rings is 1. The maximum atomic E-state index is 11.1. The Kier molecular flexibility index (Phi) is 4.47. The lowest BCUT2D eigenvalue weighted by Gasteiger charge is -2.34. The molecule has 0 aliphatic rings. The van der Waals surface area contributed by atoms with Gasteiger partial charge in [-0.05, 0) is 20.8 Å². The molecule has 1 amide bonds. The highest BCUT2D eigenvalue weighted by molar-refractivity contribution is 7.07. The number of aromatic nitrogens is 1. The minimum Gasteiger partial charge on any atom is -0.465 e. The van der Waals surface area contributed by atoms with E-state index in [0.29, 0.717) is 13.0 Å². The van der Waals surface area contributed by atoms with E-state index < -0.39 is 11.6 Å². The molecular weight excluding hydrogens is 238 g/mol. The Morgan fingerprint density at radius 1 is 1.65 bits per heavy atom. The fraction of sp³-hybridized carbons (Fsp3) is 0.636. The van der Waals surface area contributed by atoms with Gasteiger partial charge in [0.15, 0.2) is 0 Å². The van der Waals surface area contributed by atoms with Crippen LogP contribution in [-0.2, 0) is 6.42 Å². The molecule has 1 heterocycles. The highest BCUT2D eigenvalue weighted by Crippen LogP contribution is 2.14. The molecule has 0 saturated carbocycles. The molecule has 0 spiro atoms. The second kappa shape index (κ2) is 5.46. The van der Waals surface area contributed by atoms with E-state index in [1.807, 2.05) is 26.2 Å². The highest BCUT2D eigenvalue weighted by Gasteiger charge is 2.27. The van der Waals surface area contributed by atoms with Crippen molar-refractivity contribution >= 4 is 17.4 Å². The van der Waals surface area contributed by atoms with Crippen molar-refractivity contribution in [2.45, 2.75) is 38.8 Å². The average molecular weight is 257 g/mol. The number of nitrogens with zero attached hydrogens (tertiary/aromatic N) is 2. The number of carbonyl (C=O) groups is 1. The molecule has 1 aromatic heterocycles. The van der Waals surface area contributed by atoms with Gasteiger partial charge in [-0.1, -0.05) is 0 Å². The summed E-state index contributed by atoms with van der Waals surface area (Å²) in [6.07, 6.45) is -0.338. The molecule has 0 radical (unpaired) electrons. The SMILES string of the molecule is CC(C)(C)N(C[C@@H](N)Cc1cscn1)C(=O)O. The molecule has 0 aromatic carbocycles. The Bertz CT molecular complexity index is 359. The monoisotopic (exact) mass is 257 g/mol. The molecule has 0 aliphatic heterocycles. The largest absolute Gasteiger partial charge is 0.465 e. The van der Waals surface area contributed by atoms with Crippen molar-refractivity contribution in [3.63, 3.8) is 0 Å². The molecule has 3 N–H and O–H groups in total. The maximum absolute atomic E-state index is 11.1. The summed E-state index contributed by atoms with van der Waals surface area (Å²) in [4.78, 5) is 16.6. The number of rotatable bonds is 4. The Balaban J connectivity index is 2.59. The van der Waals surface area contributed by atoms with Crippen LogP contribution in [0.4, 0.5) is 4.79 Å². The molecule has 0 unspecified atom stereocenters. The van der Waals surface area contributed by atoms with E-state index in [0.717, 1.165) is 5.69 Å². The zero-order valence-electron chi connectivity index (χ0n) is 10.4. The van der Waals surface area contributed by atoms with E-state index in [1.165, 1.54) is 16.2 Å². The molecule has 17 heavy (non-hydrogen) atoms. The zero-order chi connectivity index (χ0) is 13.1. The topological polar surface area (TPSA) is 79.5 Å². The fourth-order valence-electron chi connectivity index (χ4n) is 1.54. The molecule has 96 valence electrons. The standard InChI is InChI=1S/C11H19N3O2S/c1-11(2,3)14(10(15)16)5-8(12)4-9-6-17-7-13-9/h6-8H,4-5,12H2,1-3H3,(H,15,16)/t8-/m0/s1. The van der Waals surface area contributed by atoms with Gasteiger partial charge in [-0.15, -0.1) is 11.3 Å². The molecule has 0 bridgehead atoms. The van der Waals surface area contributed by atoms with Crippen molar-refractivity contribution in [1.82, 2.24) is 9.88 Å². The van der Waals surface area contributed by atoms with Crippen molar-refractivity contribution in [1.29, 1.82) is 0 Å². The predicted molar refractivity (Wildman–Crippen MR) is 68.3 cm³/mol. The van der Waals surface area contributed by atoms with Crippen LogP contribution < -0.4 is 5.73 Å². The van der Waals surface area contributed by atoms with E-state index in [2.05, 4.69) is 4.98 Å². The second-order valence-electron chi connectivity index (χ2n) is 5.01. The third-order valence-corrected chi connectivity index (χ3v) is 3.05. The van der Waals surface area contributed by atoms with Crippen LogP contribution in [0.3, 0.4) is 0 Å². The van der Waals surface area contributed by atoms with Crippen LogP contribution in [-0.4, -0.2) is 39.2 Å². The zero-order valence-corrected chi connectivity index (χ0v) is 11.2. The van der Waals surface area contributed by atoms with Gasteiger partial charge in [0.05, 0.1) is 11.2 Å². The van der Waals surface area contributed by atoms with Crippen LogP contribution in [0, 0.1) is 0 Å². The second-order valence-corrected chi connectivity index (χ2v) is 5.73. The van der Waals surface area contributed by atoms with Crippen molar-refractivity contribution < 1.29 is 9.90 Å². The Labute approximate surface area is 105 Å². The number of amides is 1. The van der Waals surface area contributed by atoms with E-state index in [1.54, 1.807) is 5.51 Å². The molecule has 5 nitrogen and oxygen atoms in total. The summed E-state index contributed by atoms with van der Waals surface area (Å²) in [6.45, 7) is 5.89. The summed E-state index contributed by atoms with van der Waals surface area (Å²) >= 11 is 1.52. The summed E-state index contributed by atoms with van der Waals surface area (Å²) < 4.78 is 0. The van der Waals surface area contributed by atoms with Crippen LogP contribution in [0.5, 0.6) is 0 Å². The Morgan fingerprint density at radius 2 is 2.29 bits per heavy atom. The van der Waals surface area contributed by atoms with Crippen LogP contribution in [0.15, 0.2) is 10.9 Å². The third-order valence-electron chi connectivity index (χ3n) is 2.41. The summed E-state index contributed by atoms with van der Waals surface area (Å²) in [6, 6.07) is -0.229. The van der Waals surface area contributed by atoms with Gasteiger partial charge in [0.2, 0.25) is 0 Å². The molecule has 1 rings (SSSR count). The number of carboxylic acid groups (broad SMARTS) is 1. The summed E-state index contributed by atoms with van der Waals surface area (Å²) in [5, 5.41) is 11.1. The van der Waals surface area contributed by atoms with Gasteiger partial charge in [-0.25, -0.2) is 9.78 Å². The molecule has 0 fully saturated rings. The number of hydrogen-bond acceptors (Lipinski definition) is 4. The average Bonchev–Trinajstić information content (AvgIpc) is 2.64.